The van der Waals surface area contributed by atoms with Crippen molar-refractivity contribution in [3.8, 4) is 11.5 Å². The van der Waals surface area contributed by atoms with Crippen molar-refractivity contribution in [2.75, 3.05) is 13.1 Å². The maximum absolute atomic E-state index is 14.0. The van der Waals surface area contributed by atoms with Crippen LogP contribution in [0.3, 0.4) is 0 Å². The Labute approximate surface area is 173 Å². The minimum Gasteiger partial charge on any atom is -0.319 e. The van der Waals surface area contributed by atoms with E-state index in [2.05, 4.69) is 20.5 Å². The fourth-order valence-corrected chi connectivity index (χ4v) is 4.33. The van der Waals surface area contributed by atoms with Gasteiger partial charge >= 0.3 is 0 Å². The van der Waals surface area contributed by atoms with Crippen LogP contribution in [0.25, 0.3) is 22.6 Å². The molecule has 0 bridgehead atoms. The van der Waals surface area contributed by atoms with Gasteiger partial charge in [0.25, 0.3) is 0 Å². The Morgan fingerprint density at radius 2 is 1.73 bits per heavy atom. The first kappa shape index (κ1) is 18.9. The van der Waals surface area contributed by atoms with E-state index in [0.29, 0.717) is 12.1 Å². The zero-order valence-corrected chi connectivity index (χ0v) is 16.5. The molecule has 1 saturated heterocycles. The highest BCUT2D eigenvalue weighted by Crippen LogP contribution is 2.33. The molecule has 4 nitrogen and oxygen atoms in total. The van der Waals surface area contributed by atoms with E-state index in [-0.39, 0.29) is 11.9 Å². The molecule has 4 aromatic rings. The second kappa shape index (κ2) is 7.95. The van der Waals surface area contributed by atoms with E-state index in [1.54, 1.807) is 6.20 Å². The number of hydrogen-bond acceptors (Lipinski definition) is 3. The summed E-state index contributed by atoms with van der Waals surface area (Å²) in [5.74, 6) is 0.133. The Bertz CT molecular complexity index is 1160. The van der Waals surface area contributed by atoms with Gasteiger partial charge in [-0.25, -0.2) is 13.8 Å². The maximum atomic E-state index is 14.0. The monoisotopic (exact) mass is 404 g/mol. The predicted octanol–water partition coefficient (Wildman–Crippen LogP) is 5.21. The fourth-order valence-electron chi connectivity index (χ4n) is 4.33. The molecule has 0 amide bonds. The number of fused-ring (bicyclic) bond motifs is 1. The summed E-state index contributed by atoms with van der Waals surface area (Å²) in [7, 11) is 0. The molecule has 0 unspecified atom stereocenters. The molecule has 0 spiro atoms. The third kappa shape index (κ3) is 3.59. The van der Waals surface area contributed by atoms with Crippen LogP contribution < -0.4 is 0 Å². The SMILES string of the molecule is Fc1ccc(F)c(CN2CCC(n3c(-c4ccccn4)nc4ccccc43)CC2)c1. The zero-order chi connectivity index (χ0) is 20.5. The summed E-state index contributed by atoms with van der Waals surface area (Å²) in [4.78, 5) is 11.6. The molecule has 152 valence electrons. The van der Waals surface area contributed by atoms with Crippen LogP contribution in [0.15, 0.2) is 66.9 Å². The first-order chi connectivity index (χ1) is 14.7. The molecule has 0 atom stereocenters. The number of benzene rings is 2. The molecule has 1 aliphatic rings. The molecular weight excluding hydrogens is 382 g/mol. The summed E-state index contributed by atoms with van der Waals surface area (Å²) in [5.41, 5.74) is 3.34. The number of likely N-dealkylation sites (tertiary alicyclic amines) is 1. The van der Waals surface area contributed by atoms with Gasteiger partial charge in [-0.3, -0.25) is 9.88 Å². The van der Waals surface area contributed by atoms with Crippen molar-refractivity contribution in [1.82, 2.24) is 19.4 Å². The van der Waals surface area contributed by atoms with Gasteiger partial charge in [-0.05, 0) is 55.3 Å². The Morgan fingerprint density at radius 3 is 2.53 bits per heavy atom. The molecule has 5 rings (SSSR count). The largest absolute Gasteiger partial charge is 0.319 e. The number of halogens is 2. The lowest BCUT2D eigenvalue weighted by Crippen LogP contribution is -2.34. The first-order valence-electron chi connectivity index (χ1n) is 10.2. The second-order valence-electron chi connectivity index (χ2n) is 7.75. The molecule has 1 aliphatic heterocycles. The molecule has 0 N–H and O–H groups in total. The minimum atomic E-state index is -0.397. The van der Waals surface area contributed by atoms with Crippen LogP contribution in [0.4, 0.5) is 8.78 Å². The number of imidazole rings is 1. The third-order valence-corrected chi connectivity index (χ3v) is 5.81. The van der Waals surface area contributed by atoms with Crippen molar-refractivity contribution in [2.24, 2.45) is 0 Å². The topological polar surface area (TPSA) is 34.0 Å². The highest BCUT2D eigenvalue weighted by Gasteiger charge is 2.26. The summed E-state index contributed by atoms with van der Waals surface area (Å²) in [5, 5.41) is 0. The first-order valence-corrected chi connectivity index (χ1v) is 10.2. The van der Waals surface area contributed by atoms with Crippen molar-refractivity contribution in [3.05, 3.63) is 84.1 Å². The van der Waals surface area contributed by atoms with Gasteiger partial charge in [0.05, 0.1) is 11.0 Å². The van der Waals surface area contributed by atoms with Gasteiger partial charge in [0.2, 0.25) is 0 Å². The number of piperidine rings is 1. The van der Waals surface area contributed by atoms with Crippen LogP contribution in [0.2, 0.25) is 0 Å². The van der Waals surface area contributed by atoms with Gasteiger partial charge in [0.15, 0.2) is 5.82 Å². The maximum Gasteiger partial charge on any atom is 0.160 e. The number of para-hydroxylation sites is 2. The van der Waals surface area contributed by atoms with Crippen LogP contribution in [0.5, 0.6) is 0 Å². The van der Waals surface area contributed by atoms with E-state index in [0.717, 1.165) is 54.5 Å². The highest BCUT2D eigenvalue weighted by atomic mass is 19.1. The Balaban J connectivity index is 1.40. The van der Waals surface area contributed by atoms with Gasteiger partial charge in [0.1, 0.15) is 17.3 Å². The molecule has 0 saturated carbocycles. The normalized spacial score (nSPS) is 15.7. The number of rotatable bonds is 4. The molecule has 3 heterocycles. The van der Waals surface area contributed by atoms with Gasteiger partial charge < -0.3 is 4.57 Å². The predicted molar refractivity (Wildman–Crippen MR) is 113 cm³/mol. The lowest BCUT2D eigenvalue weighted by molar-refractivity contribution is 0.180. The molecule has 0 radical (unpaired) electrons. The molecule has 6 heteroatoms. The standard InChI is InChI=1S/C24H22F2N4/c25-18-8-9-20(26)17(15-18)16-29-13-10-19(11-14-29)30-23-7-2-1-5-21(23)28-24(30)22-6-3-4-12-27-22/h1-9,12,15,19H,10-11,13-14,16H2. The van der Waals surface area contributed by atoms with Crippen LogP contribution in [-0.2, 0) is 6.54 Å². The average Bonchev–Trinajstić information content (AvgIpc) is 3.17. The number of hydrogen-bond donors (Lipinski definition) is 0. The van der Waals surface area contributed by atoms with E-state index in [1.165, 1.54) is 12.1 Å². The fraction of sp³-hybridized carbons (Fsp3) is 0.250. The van der Waals surface area contributed by atoms with E-state index < -0.39 is 5.82 Å². The van der Waals surface area contributed by atoms with Crippen LogP contribution in [0, 0.1) is 11.6 Å². The summed E-state index contributed by atoms with van der Waals surface area (Å²) < 4.78 is 29.8. The van der Waals surface area contributed by atoms with E-state index in [1.807, 2.05) is 36.4 Å². The lowest BCUT2D eigenvalue weighted by Gasteiger charge is -2.33. The number of pyridine rings is 1. The van der Waals surface area contributed by atoms with Crippen LogP contribution >= 0.6 is 0 Å². The van der Waals surface area contributed by atoms with Gasteiger partial charge in [-0.1, -0.05) is 18.2 Å². The van der Waals surface area contributed by atoms with Crippen LogP contribution in [-0.4, -0.2) is 32.5 Å². The van der Waals surface area contributed by atoms with Gasteiger partial charge in [0, 0.05) is 37.4 Å². The third-order valence-electron chi connectivity index (χ3n) is 5.81. The zero-order valence-electron chi connectivity index (χ0n) is 16.5. The van der Waals surface area contributed by atoms with E-state index in [4.69, 9.17) is 4.98 Å². The molecular formula is C24H22F2N4. The van der Waals surface area contributed by atoms with E-state index >= 15 is 0 Å². The van der Waals surface area contributed by atoms with Crippen molar-refractivity contribution in [1.29, 1.82) is 0 Å². The Hall–Kier alpha value is -3.12. The molecule has 2 aromatic heterocycles. The summed E-state index contributed by atoms with van der Waals surface area (Å²) in [6.07, 6.45) is 3.61. The molecule has 1 fully saturated rings. The van der Waals surface area contributed by atoms with Crippen molar-refractivity contribution in [3.63, 3.8) is 0 Å². The summed E-state index contributed by atoms with van der Waals surface area (Å²) >= 11 is 0. The van der Waals surface area contributed by atoms with Crippen molar-refractivity contribution >= 4 is 11.0 Å². The number of nitrogens with zero attached hydrogens (tertiary/aromatic N) is 4. The molecule has 0 aliphatic carbocycles. The average molecular weight is 404 g/mol. The minimum absolute atomic E-state index is 0.281. The highest BCUT2D eigenvalue weighted by molar-refractivity contribution is 5.80. The van der Waals surface area contributed by atoms with Crippen LogP contribution in [0.1, 0.15) is 24.4 Å². The molecule has 30 heavy (non-hydrogen) atoms. The van der Waals surface area contributed by atoms with Crippen molar-refractivity contribution < 1.29 is 8.78 Å². The van der Waals surface area contributed by atoms with E-state index in [9.17, 15) is 8.78 Å². The number of aromatic nitrogens is 3. The smallest absolute Gasteiger partial charge is 0.160 e. The summed E-state index contributed by atoms with van der Waals surface area (Å²) in [6, 6.07) is 18.0. The lowest BCUT2D eigenvalue weighted by atomic mass is 10.0. The second-order valence-corrected chi connectivity index (χ2v) is 7.75. The Kier molecular flexibility index (Phi) is 5.01. The Morgan fingerprint density at radius 1 is 0.933 bits per heavy atom. The quantitative estimate of drug-likeness (QED) is 0.468. The van der Waals surface area contributed by atoms with Gasteiger partial charge in [-0.2, -0.15) is 0 Å². The molecule has 2 aromatic carbocycles. The van der Waals surface area contributed by atoms with Crippen molar-refractivity contribution in [2.45, 2.75) is 25.4 Å². The van der Waals surface area contributed by atoms with Gasteiger partial charge in [-0.15, -0.1) is 0 Å². The summed E-state index contributed by atoms with van der Waals surface area (Å²) in [6.45, 7) is 2.05.